The molecule has 2 amide bonds. The molecule has 2 N–H and O–H groups in total. The minimum atomic E-state index is -0.464. The number of carbonyl (C=O) groups is 1. The number of aromatic nitrogens is 1. The number of halogens is 2. The molecule has 0 saturated carbocycles. The van der Waals surface area contributed by atoms with Crippen molar-refractivity contribution in [3.8, 4) is 11.4 Å². The predicted octanol–water partition coefficient (Wildman–Crippen LogP) is 5.34. The van der Waals surface area contributed by atoms with E-state index >= 15 is 0 Å². The Morgan fingerprint density at radius 3 is 2.74 bits per heavy atom. The van der Waals surface area contributed by atoms with E-state index in [1.807, 2.05) is 24.3 Å². The summed E-state index contributed by atoms with van der Waals surface area (Å²) >= 11 is 3.23. The third kappa shape index (κ3) is 3.44. The molecule has 160 valence electrons. The van der Waals surface area contributed by atoms with Crippen LogP contribution < -0.4 is 15.4 Å². The van der Waals surface area contributed by atoms with Gasteiger partial charge in [-0.1, -0.05) is 15.9 Å². The van der Waals surface area contributed by atoms with Crippen LogP contribution in [0.1, 0.15) is 18.5 Å². The fourth-order valence-electron chi connectivity index (χ4n) is 4.51. The van der Waals surface area contributed by atoms with Gasteiger partial charge < -0.3 is 24.8 Å². The molecule has 31 heavy (non-hydrogen) atoms. The van der Waals surface area contributed by atoms with Gasteiger partial charge in [0.05, 0.1) is 29.7 Å². The van der Waals surface area contributed by atoms with E-state index in [-0.39, 0.29) is 17.3 Å². The zero-order chi connectivity index (χ0) is 21.6. The first-order valence-corrected chi connectivity index (χ1v) is 10.9. The number of nitrogens with one attached hydrogen (secondary N) is 2. The van der Waals surface area contributed by atoms with Crippen LogP contribution in [-0.4, -0.2) is 35.7 Å². The lowest BCUT2D eigenvalue weighted by Gasteiger charge is -2.46. The van der Waals surface area contributed by atoms with E-state index in [4.69, 9.17) is 4.74 Å². The van der Waals surface area contributed by atoms with Gasteiger partial charge in [0.1, 0.15) is 11.6 Å². The van der Waals surface area contributed by atoms with Crippen LogP contribution in [0.25, 0.3) is 5.69 Å². The molecular weight excluding hydrogens is 463 g/mol. The highest BCUT2D eigenvalue weighted by atomic mass is 79.9. The van der Waals surface area contributed by atoms with E-state index in [1.54, 1.807) is 24.1 Å². The normalized spacial score (nSPS) is 16.3. The van der Waals surface area contributed by atoms with Gasteiger partial charge in [0.25, 0.3) is 0 Å². The van der Waals surface area contributed by atoms with Crippen LogP contribution in [0.2, 0.25) is 0 Å². The number of nitrogens with zero attached hydrogens (tertiary/aromatic N) is 2. The van der Waals surface area contributed by atoms with Crippen LogP contribution >= 0.6 is 15.9 Å². The summed E-state index contributed by atoms with van der Waals surface area (Å²) in [6.45, 7) is 1.11. The number of hydrogen-bond donors (Lipinski definition) is 2. The van der Waals surface area contributed by atoms with Gasteiger partial charge in [-0.05, 0) is 55.3 Å². The van der Waals surface area contributed by atoms with Crippen molar-refractivity contribution in [2.75, 3.05) is 30.8 Å². The standard InChI is InChI=1S/C23H22BrFN4O2/c1-31-16-5-7-20-19(14-16)27-23(21-3-2-10-29(20)21)8-11-28(12-9-23)22(30)26-18-6-4-15(24)13-17(18)25/h2-7,10,13-14,27H,8-9,11-12H2,1H3,(H,26,30). The summed E-state index contributed by atoms with van der Waals surface area (Å²) in [6, 6.07) is 14.5. The molecule has 6 nitrogen and oxygen atoms in total. The molecule has 0 unspecified atom stereocenters. The van der Waals surface area contributed by atoms with Gasteiger partial charge in [-0.25, -0.2) is 9.18 Å². The van der Waals surface area contributed by atoms with E-state index in [2.05, 4.69) is 43.4 Å². The topological polar surface area (TPSA) is 58.5 Å². The van der Waals surface area contributed by atoms with Crippen LogP contribution in [0.15, 0.2) is 59.2 Å². The maximum absolute atomic E-state index is 14.1. The molecule has 2 aromatic carbocycles. The number of urea groups is 1. The van der Waals surface area contributed by atoms with Crippen molar-refractivity contribution in [2.45, 2.75) is 18.4 Å². The molecule has 8 heteroatoms. The highest BCUT2D eigenvalue weighted by Gasteiger charge is 2.42. The number of methoxy groups -OCH3 is 1. The van der Waals surface area contributed by atoms with Gasteiger partial charge in [0.15, 0.2) is 0 Å². The molecule has 0 atom stereocenters. The lowest BCUT2D eigenvalue weighted by Crippen LogP contribution is -2.51. The number of carbonyl (C=O) groups excluding carboxylic acids is 1. The largest absolute Gasteiger partial charge is 0.497 e. The number of anilines is 2. The van der Waals surface area contributed by atoms with E-state index < -0.39 is 5.82 Å². The summed E-state index contributed by atoms with van der Waals surface area (Å²) in [4.78, 5) is 14.5. The molecule has 0 bridgehead atoms. The lowest BCUT2D eigenvalue weighted by molar-refractivity contribution is 0.174. The third-order valence-corrected chi connectivity index (χ3v) is 6.65. The number of rotatable bonds is 2. The van der Waals surface area contributed by atoms with Gasteiger partial charge in [-0.15, -0.1) is 0 Å². The zero-order valence-electron chi connectivity index (χ0n) is 17.0. The molecule has 0 aliphatic carbocycles. The van der Waals surface area contributed by atoms with Crippen LogP contribution in [0, 0.1) is 5.82 Å². The number of ether oxygens (including phenoxy) is 1. The molecule has 3 heterocycles. The Morgan fingerprint density at radius 1 is 1.19 bits per heavy atom. The molecule has 2 aliphatic rings. The summed E-state index contributed by atoms with van der Waals surface area (Å²) in [6.07, 6.45) is 3.55. The molecule has 1 saturated heterocycles. The molecule has 3 aromatic rings. The second kappa shape index (κ2) is 7.60. The van der Waals surface area contributed by atoms with Gasteiger partial charge in [0, 0.05) is 35.5 Å². The Kier molecular flexibility index (Phi) is 4.89. The van der Waals surface area contributed by atoms with Gasteiger partial charge in [0.2, 0.25) is 0 Å². The maximum atomic E-state index is 14.1. The number of benzene rings is 2. The summed E-state index contributed by atoms with van der Waals surface area (Å²) < 4.78 is 22.4. The molecule has 1 aromatic heterocycles. The first kappa shape index (κ1) is 19.9. The number of piperidine rings is 1. The number of fused-ring (bicyclic) bond motifs is 4. The quantitative estimate of drug-likeness (QED) is 0.516. The highest BCUT2D eigenvalue weighted by Crippen LogP contribution is 2.44. The fraction of sp³-hybridized carbons (Fsp3) is 0.261. The van der Waals surface area contributed by atoms with Crippen LogP contribution in [-0.2, 0) is 5.54 Å². The summed E-state index contributed by atoms with van der Waals surface area (Å²) in [7, 11) is 1.66. The first-order chi connectivity index (χ1) is 15.0. The second-order valence-electron chi connectivity index (χ2n) is 7.89. The Labute approximate surface area is 188 Å². The lowest BCUT2D eigenvalue weighted by atomic mass is 9.82. The van der Waals surface area contributed by atoms with Crippen LogP contribution in [0.5, 0.6) is 5.75 Å². The molecule has 1 fully saturated rings. The van der Waals surface area contributed by atoms with E-state index in [1.165, 1.54) is 11.8 Å². The van der Waals surface area contributed by atoms with Crippen molar-refractivity contribution >= 4 is 33.3 Å². The first-order valence-electron chi connectivity index (χ1n) is 10.1. The molecular formula is C23H22BrFN4O2. The van der Waals surface area contributed by atoms with Crippen molar-refractivity contribution in [3.05, 3.63) is 70.7 Å². The summed E-state index contributed by atoms with van der Waals surface area (Å²) in [5, 5.41) is 6.42. The summed E-state index contributed by atoms with van der Waals surface area (Å²) in [5.41, 5.74) is 3.18. The smallest absolute Gasteiger partial charge is 0.321 e. The number of amides is 2. The minimum Gasteiger partial charge on any atom is -0.497 e. The van der Waals surface area contributed by atoms with Crippen molar-refractivity contribution in [2.24, 2.45) is 0 Å². The molecule has 5 rings (SSSR count). The molecule has 1 spiro atoms. The zero-order valence-corrected chi connectivity index (χ0v) is 18.6. The number of likely N-dealkylation sites (tertiary alicyclic amines) is 1. The SMILES string of the molecule is COc1ccc2c(c1)NC1(CCN(C(=O)Nc3ccc(Br)cc3F)CC1)c1cccn1-2. The Morgan fingerprint density at radius 2 is 2.00 bits per heavy atom. The molecule has 0 radical (unpaired) electrons. The Balaban J connectivity index is 1.35. The van der Waals surface area contributed by atoms with E-state index in [0.717, 1.165) is 30.0 Å². The average molecular weight is 485 g/mol. The third-order valence-electron chi connectivity index (χ3n) is 6.15. The van der Waals surface area contributed by atoms with Gasteiger partial charge >= 0.3 is 6.03 Å². The Hall–Kier alpha value is -3.00. The fourth-order valence-corrected chi connectivity index (χ4v) is 4.85. The van der Waals surface area contributed by atoms with Crippen molar-refractivity contribution < 1.29 is 13.9 Å². The monoisotopic (exact) mass is 484 g/mol. The van der Waals surface area contributed by atoms with E-state index in [0.29, 0.717) is 17.6 Å². The number of hydrogen-bond acceptors (Lipinski definition) is 3. The predicted molar refractivity (Wildman–Crippen MR) is 122 cm³/mol. The van der Waals surface area contributed by atoms with Crippen molar-refractivity contribution in [1.29, 1.82) is 0 Å². The second-order valence-corrected chi connectivity index (χ2v) is 8.81. The minimum absolute atomic E-state index is 0.180. The van der Waals surface area contributed by atoms with Crippen molar-refractivity contribution in [3.63, 3.8) is 0 Å². The summed E-state index contributed by atoms with van der Waals surface area (Å²) in [5.74, 6) is 0.332. The van der Waals surface area contributed by atoms with Crippen molar-refractivity contribution in [1.82, 2.24) is 9.47 Å². The highest BCUT2D eigenvalue weighted by molar-refractivity contribution is 9.10. The van der Waals surface area contributed by atoms with Gasteiger partial charge in [-0.2, -0.15) is 0 Å². The Bertz CT molecular complexity index is 1150. The van der Waals surface area contributed by atoms with Crippen LogP contribution in [0.4, 0.5) is 20.6 Å². The van der Waals surface area contributed by atoms with E-state index in [9.17, 15) is 9.18 Å². The molecule has 2 aliphatic heterocycles. The van der Waals surface area contributed by atoms with Gasteiger partial charge in [-0.3, -0.25) is 0 Å². The average Bonchev–Trinajstić information content (AvgIpc) is 3.27. The maximum Gasteiger partial charge on any atom is 0.321 e. The van der Waals surface area contributed by atoms with Crippen LogP contribution in [0.3, 0.4) is 0 Å².